The van der Waals surface area contributed by atoms with Crippen molar-refractivity contribution in [3.05, 3.63) is 0 Å². The molecule has 0 aromatic rings. The van der Waals surface area contributed by atoms with E-state index < -0.39 is 9.84 Å². The molecule has 0 unspecified atom stereocenters. The lowest BCUT2D eigenvalue weighted by Gasteiger charge is -2.56. The van der Waals surface area contributed by atoms with Crippen LogP contribution in [0.5, 0.6) is 0 Å². The molecule has 3 nitrogen and oxygen atoms in total. The summed E-state index contributed by atoms with van der Waals surface area (Å²) in [5.41, 5.74) is 0.0770. The van der Waals surface area contributed by atoms with Crippen molar-refractivity contribution in [1.82, 2.24) is 4.90 Å². The van der Waals surface area contributed by atoms with Crippen LogP contribution in [0.15, 0.2) is 0 Å². The monoisotopic (exact) mass is 229 g/mol. The van der Waals surface area contributed by atoms with E-state index in [1.165, 1.54) is 19.3 Å². The summed E-state index contributed by atoms with van der Waals surface area (Å²) in [6.45, 7) is 2.26. The quantitative estimate of drug-likeness (QED) is 0.678. The summed E-state index contributed by atoms with van der Waals surface area (Å²) in [5, 5.41) is -0.0168. The normalized spacial score (nSPS) is 44.7. The highest BCUT2D eigenvalue weighted by Gasteiger charge is 2.61. The molecule has 86 valence electrons. The first-order valence-corrected chi connectivity index (χ1v) is 7.83. The minimum absolute atomic E-state index is 0.0168. The van der Waals surface area contributed by atoms with E-state index in [1.54, 1.807) is 0 Å². The minimum atomic E-state index is -2.72. The molecular formula is C11H19NO2S. The standard InChI is InChI=1S/C11H19NO2S/c13-15(14)9-11(12-7-3-4-8-12)6-2-1-5-10(11)15/h10H,1-9H2/t10-,11+/m0/s1. The molecule has 0 bridgehead atoms. The molecule has 2 heterocycles. The van der Waals surface area contributed by atoms with Gasteiger partial charge in [0.15, 0.2) is 9.84 Å². The molecule has 0 radical (unpaired) electrons. The second-order valence-electron chi connectivity index (χ2n) is 5.34. The maximum atomic E-state index is 11.8. The van der Waals surface area contributed by atoms with E-state index in [0.717, 1.165) is 32.4 Å². The van der Waals surface area contributed by atoms with Crippen molar-refractivity contribution in [3.63, 3.8) is 0 Å². The molecule has 0 amide bonds. The molecule has 2 aliphatic heterocycles. The Kier molecular flexibility index (Phi) is 2.15. The molecule has 3 fully saturated rings. The van der Waals surface area contributed by atoms with E-state index in [4.69, 9.17) is 0 Å². The number of hydrogen-bond acceptors (Lipinski definition) is 3. The van der Waals surface area contributed by atoms with Gasteiger partial charge in [-0.1, -0.05) is 12.8 Å². The van der Waals surface area contributed by atoms with Crippen molar-refractivity contribution in [2.75, 3.05) is 18.8 Å². The molecule has 0 aromatic carbocycles. The average molecular weight is 229 g/mol. The zero-order valence-corrected chi connectivity index (χ0v) is 9.93. The SMILES string of the molecule is O=S1(=O)C[C@]2(N3CCCC3)CCCC[C@@H]21. The number of nitrogens with zero attached hydrogens (tertiary/aromatic N) is 1. The Hall–Kier alpha value is -0.0900. The van der Waals surface area contributed by atoms with Gasteiger partial charge >= 0.3 is 0 Å². The number of hydrogen-bond donors (Lipinski definition) is 0. The molecule has 4 heteroatoms. The smallest absolute Gasteiger partial charge is 0.156 e. The van der Waals surface area contributed by atoms with Crippen molar-refractivity contribution in [3.8, 4) is 0 Å². The highest BCUT2D eigenvalue weighted by atomic mass is 32.2. The molecular weight excluding hydrogens is 210 g/mol. The Morgan fingerprint density at radius 3 is 2.47 bits per heavy atom. The number of fused-ring (bicyclic) bond motifs is 1. The highest BCUT2D eigenvalue weighted by molar-refractivity contribution is 7.93. The Morgan fingerprint density at radius 2 is 1.80 bits per heavy atom. The van der Waals surface area contributed by atoms with E-state index in [2.05, 4.69) is 4.90 Å². The van der Waals surface area contributed by atoms with Crippen LogP contribution in [0, 0.1) is 0 Å². The van der Waals surface area contributed by atoms with Gasteiger partial charge in [-0.3, -0.25) is 4.90 Å². The van der Waals surface area contributed by atoms with E-state index in [-0.39, 0.29) is 10.8 Å². The number of likely N-dealkylation sites (tertiary alicyclic amines) is 1. The average Bonchev–Trinajstić information content (AvgIpc) is 2.69. The van der Waals surface area contributed by atoms with E-state index in [0.29, 0.717) is 5.75 Å². The predicted molar refractivity (Wildman–Crippen MR) is 59.6 cm³/mol. The summed E-state index contributed by atoms with van der Waals surface area (Å²) in [4.78, 5) is 2.48. The lowest BCUT2D eigenvalue weighted by Crippen LogP contribution is -2.72. The van der Waals surface area contributed by atoms with Gasteiger partial charge in [0.1, 0.15) is 0 Å². The number of rotatable bonds is 1. The van der Waals surface area contributed by atoms with Gasteiger partial charge < -0.3 is 0 Å². The van der Waals surface area contributed by atoms with Crippen LogP contribution in [0.25, 0.3) is 0 Å². The van der Waals surface area contributed by atoms with Crippen molar-refractivity contribution in [1.29, 1.82) is 0 Å². The molecule has 3 aliphatic rings. The summed E-state index contributed by atoms with van der Waals surface area (Å²) in [5.74, 6) is 0.449. The largest absolute Gasteiger partial charge is 0.295 e. The first-order valence-electron chi connectivity index (χ1n) is 6.12. The van der Waals surface area contributed by atoms with Crippen LogP contribution in [0.2, 0.25) is 0 Å². The van der Waals surface area contributed by atoms with Gasteiger partial charge in [-0.2, -0.15) is 0 Å². The lowest BCUT2D eigenvalue weighted by molar-refractivity contribution is 0.0783. The fourth-order valence-corrected chi connectivity index (χ4v) is 6.51. The van der Waals surface area contributed by atoms with Crippen LogP contribution < -0.4 is 0 Å². The molecule has 3 rings (SSSR count). The Balaban J connectivity index is 1.89. The third kappa shape index (κ3) is 1.30. The van der Waals surface area contributed by atoms with Crippen molar-refractivity contribution >= 4 is 9.84 Å². The summed E-state index contributed by atoms with van der Waals surface area (Å²) in [7, 11) is -2.72. The Bertz CT molecular complexity index is 359. The van der Waals surface area contributed by atoms with Crippen LogP contribution in [0.1, 0.15) is 38.5 Å². The lowest BCUT2D eigenvalue weighted by atomic mass is 9.80. The summed E-state index contributed by atoms with van der Waals surface area (Å²) < 4.78 is 23.6. The molecule has 1 aliphatic carbocycles. The molecule has 0 aromatic heterocycles. The highest BCUT2D eigenvalue weighted by Crippen LogP contribution is 2.48. The van der Waals surface area contributed by atoms with Gasteiger partial charge in [0, 0.05) is 0 Å². The summed E-state index contributed by atoms with van der Waals surface area (Å²) >= 11 is 0. The van der Waals surface area contributed by atoms with Crippen LogP contribution in [0.4, 0.5) is 0 Å². The topological polar surface area (TPSA) is 37.4 Å². The van der Waals surface area contributed by atoms with Crippen LogP contribution in [-0.2, 0) is 9.84 Å². The second kappa shape index (κ2) is 3.20. The van der Waals surface area contributed by atoms with Crippen molar-refractivity contribution in [2.45, 2.75) is 49.3 Å². The van der Waals surface area contributed by atoms with Gasteiger partial charge in [-0.15, -0.1) is 0 Å². The molecule has 15 heavy (non-hydrogen) atoms. The molecule has 1 saturated carbocycles. The van der Waals surface area contributed by atoms with Crippen molar-refractivity contribution < 1.29 is 8.42 Å². The van der Waals surface area contributed by atoms with Crippen LogP contribution >= 0.6 is 0 Å². The van der Waals surface area contributed by atoms with E-state index in [9.17, 15) is 8.42 Å². The maximum Gasteiger partial charge on any atom is 0.156 e. The summed E-state index contributed by atoms with van der Waals surface area (Å²) in [6.07, 6.45) is 6.89. The third-order valence-corrected chi connectivity index (χ3v) is 6.99. The van der Waals surface area contributed by atoms with Crippen LogP contribution in [0.3, 0.4) is 0 Å². The fourth-order valence-electron chi connectivity index (χ4n) is 3.83. The first-order chi connectivity index (χ1) is 7.15. The van der Waals surface area contributed by atoms with E-state index in [1.807, 2.05) is 0 Å². The van der Waals surface area contributed by atoms with E-state index >= 15 is 0 Å². The maximum absolute atomic E-state index is 11.8. The van der Waals surface area contributed by atoms with Gasteiger partial charge in [-0.25, -0.2) is 8.42 Å². The Morgan fingerprint density at radius 1 is 1.07 bits per heavy atom. The number of sulfone groups is 1. The van der Waals surface area contributed by atoms with Gasteiger partial charge in [0.2, 0.25) is 0 Å². The summed E-state index contributed by atoms with van der Waals surface area (Å²) in [6, 6.07) is 0. The zero-order chi connectivity index (χ0) is 10.5. The van der Waals surface area contributed by atoms with Crippen molar-refractivity contribution in [2.24, 2.45) is 0 Å². The fraction of sp³-hybridized carbons (Fsp3) is 1.00. The Labute approximate surface area is 91.8 Å². The molecule has 2 saturated heterocycles. The second-order valence-corrected chi connectivity index (χ2v) is 7.52. The first kappa shape index (κ1) is 10.1. The predicted octanol–water partition coefficient (Wildman–Crippen LogP) is 1.19. The third-order valence-electron chi connectivity index (χ3n) is 4.55. The molecule has 0 spiro atoms. The molecule has 0 N–H and O–H groups in total. The van der Waals surface area contributed by atoms with Gasteiger partial charge in [-0.05, 0) is 38.8 Å². The minimum Gasteiger partial charge on any atom is -0.295 e. The zero-order valence-electron chi connectivity index (χ0n) is 9.11. The molecule has 2 atom stereocenters. The van der Waals surface area contributed by atoms with Crippen LogP contribution in [-0.4, -0.2) is 42.9 Å². The van der Waals surface area contributed by atoms with Gasteiger partial charge in [0.05, 0.1) is 16.5 Å². The van der Waals surface area contributed by atoms with Gasteiger partial charge in [0.25, 0.3) is 0 Å².